The van der Waals surface area contributed by atoms with Crippen molar-refractivity contribution in [3.63, 3.8) is 0 Å². The van der Waals surface area contributed by atoms with E-state index in [1.807, 2.05) is 20.8 Å². The Kier molecular flexibility index (Phi) is 3.78. The first kappa shape index (κ1) is 14.2. The van der Waals surface area contributed by atoms with Crippen LogP contribution in [0.5, 0.6) is 0 Å². The Morgan fingerprint density at radius 2 is 1.89 bits per heavy atom. The van der Waals surface area contributed by atoms with Crippen molar-refractivity contribution < 1.29 is 8.42 Å². The number of aromatic nitrogens is 2. The molecular weight excluding hydrogens is 264 g/mol. The standard InChI is InChI=1S/C12H20N4O2S/c1-4-13-11-14-7-10(8-15-11)19(17,18)16-12(2,3)9-5-6-9/h7-9,16H,4-6H2,1-3H3,(H,13,14,15). The second-order valence-corrected chi connectivity index (χ2v) is 7.06. The Bertz CT molecular complexity index is 535. The lowest BCUT2D eigenvalue weighted by Gasteiger charge is -2.25. The fourth-order valence-corrected chi connectivity index (χ4v) is 3.36. The Hall–Kier alpha value is -1.21. The van der Waals surface area contributed by atoms with Gasteiger partial charge in [0.1, 0.15) is 4.90 Å². The summed E-state index contributed by atoms with van der Waals surface area (Å²) in [5, 5.41) is 2.93. The molecule has 0 amide bonds. The van der Waals surface area contributed by atoms with Gasteiger partial charge >= 0.3 is 0 Å². The van der Waals surface area contributed by atoms with Crippen LogP contribution in [0.3, 0.4) is 0 Å². The normalized spacial score (nSPS) is 16.4. The second kappa shape index (κ2) is 5.05. The van der Waals surface area contributed by atoms with Crippen molar-refractivity contribution >= 4 is 16.0 Å². The van der Waals surface area contributed by atoms with E-state index < -0.39 is 15.6 Å². The largest absolute Gasteiger partial charge is 0.355 e. The SMILES string of the molecule is CCNc1ncc(S(=O)(=O)NC(C)(C)C2CC2)cn1. The van der Waals surface area contributed by atoms with E-state index in [-0.39, 0.29) is 4.90 Å². The molecule has 106 valence electrons. The number of nitrogens with one attached hydrogen (secondary N) is 2. The van der Waals surface area contributed by atoms with E-state index in [1.165, 1.54) is 12.4 Å². The van der Waals surface area contributed by atoms with Crippen LogP contribution < -0.4 is 10.0 Å². The molecule has 1 aliphatic carbocycles. The maximum atomic E-state index is 12.2. The van der Waals surface area contributed by atoms with Gasteiger partial charge in [0.05, 0.1) is 12.4 Å². The molecule has 7 heteroatoms. The molecule has 0 aromatic carbocycles. The highest BCUT2D eigenvalue weighted by atomic mass is 32.2. The molecule has 0 aliphatic heterocycles. The van der Waals surface area contributed by atoms with Crippen LogP contribution in [-0.4, -0.2) is 30.5 Å². The summed E-state index contributed by atoms with van der Waals surface area (Å²) in [6.07, 6.45) is 4.81. The molecule has 0 unspecified atom stereocenters. The van der Waals surface area contributed by atoms with Crippen molar-refractivity contribution in [2.24, 2.45) is 5.92 Å². The van der Waals surface area contributed by atoms with Crippen LogP contribution in [0.15, 0.2) is 17.3 Å². The van der Waals surface area contributed by atoms with E-state index in [4.69, 9.17) is 0 Å². The first-order valence-corrected chi connectivity index (χ1v) is 7.93. The molecule has 0 saturated heterocycles. The zero-order valence-corrected chi connectivity index (χ0v) is 12.3. The predicted octanol–water partition coefficient (Wildman–Crippen LogP) is 1.38. The zero-order chi connectivity index (χ0) is 14.1. The van der Waals surface area contributed by atoms with E-state index in [0.29, 0.717) is 18.4 Å². The third-order valence-electron chi connectivity index (χ3n) is 3.27. The van der Waals surface area contributed by atoms with Crippen molar-refractivity contribution in [3.8, 4) is 0 Å². The minimum absolute atomic E-state index is 0.0999. The molecule has 1 aromatic rings. The molecular formula is C12H20N4O2S. The second-order valence-electron chi connectivity index (χ2n) is 5.37. The van der Waals surface area contributed by atoms with Crippen LogP contribution in [0.4, 0.5) is 5.95 Å². The summed E-state index contributed by atoms with van der Waals surface area (Å²) in [6, 6.07) is 0. The Labute approximate surface area is 114 Å². The first-order valence-electron chi connectivity index (χ1n) is 6.45. The summed E-state index contributed by atoms with van der Waals surface area (Å²) in [4.78, 5) is 8.07. The van der Waals surface area contributed by atoms with Crippen molar-refractivity contribution in [1.29, 1.82) is 0 Å². The van der Waals surface area contributed by atoms with E-state index in [0.717, 1.165) is 12.8 Å². The molecule has 2 N–H and O–H groups in total. The predicted molar refractivity (Wildman–Crippen MR) is 73.3 cm³/mol. The molecule has 1 aromatic heterocycles. The molecule has 1 aliphatic rings. The van der Waals surface area contributed by atoms with Crippen LogP contribution in [0.2, 0.25) is 0 Å². The lowest BCUT2D eigenvalue weighted by Crippen LogP contribution is -2.45. The number of anilines is 1. The molecule has 1 fully saturated rings. The minimum atomic E-state index is -3.56. The summed E-state index contributed by atoms with van der Waals surface area (Å²) < 4.78 is 27.2. The number of rotatable bonds is 6. The van der Waals surface area contributed by atoms with Crippen LogP contribution in [0.1, 0.15) is 33.6 Å². The van der Waals surface area contributed by atoms with E-state index in [1.54, 1.807) is 0 Å². The Balaban J connectivity index is 2.14. The highest BCUT2D eigenvalue weighted by Gasteiger charge is 2.40. The zero-order valence-electron chi connectivity index (χ0n) is 11.5. The van der Waals surface area contributed by atoms with Gasteiger partial charge in [-0.15, -0.1) is 0 Å². The summed E-state index contributed by atoms with van der Waals surface area (Å²) in [5.41, 5.74) is -0.417. The Morgan fingerprint density at radius 3 is 2.37 bits per heavy atom. The monoisotopic (exact) mass is 284 g/mol. The molecule has 0 bridgehead atoms. The molecule has 6 nitrogen and oxygen atoms in total. The van der Waals surface area contributed by atoms with Crippen molar-refractivity contribution in [2.75, 3.05) is 11.9 Å². The molecule has 0 spiro atoms. The first-order chi connectivity index (χ1) is 8.85. The van der Waals surface area contributed by atoms with Gasteiger partial charge in [-0.25, -0.2) is 23.1 Å². The molecule has 2 rings (SSSR count). The minimum Gasteiger partial charge on any atom is -0.355 e. The van der Waals surface area contributed by atoms with Gasteiger partial charge in [0.25, 0.3) is 0 Å². The summed E-state index contributed by atoms with van der Waals surface area (Å²) >= 11 is 0. The smallest absolute Gasteiger partial charge is 0.244 e. The van der Waals surface area contributed by atoms with E-state index in [9.17, 15) is 8.42 Å². The van der Waals surface area contributed by atoms with Crippen LogP contribution >= 0.6 is 0 Å². The highest BCUT2D eigenvalue weighted by molar-refractivity contribution is 7.89. The summed E-state index contributed by atoms with van der Waals surface area (Å²) in [6.45, 7) is 6.44. The van der Waals surface area contributed by atoms with Gasteiger partial charge < -0.3 is 5.32 Å². The molecule has 1 heterocycles. The summed E-state index contributed by atoms with van der Waals surface area (Å²) in [7, 11) is -3.56. The fraction of sp³-hybridized carbons (Fsp3) is 0.667. The highest BCUT2D eigenvalue weighted by Crippen LogP contribution is 2.39. The van der Waals surface area contributed by atoms with Crippen LogP contribution in [0.25, 0.3) is 0 Å². The number of sulfonamides is 1. The average Bonchev–Trinajstić information content (AvgIpc) is 3.12. The van der Waals surface area contributed by atoms with E-state index >= 15 is 0 Å². The van der Waals surface area contributed by atoms with Gasteiger partial charge in [-0.05, 0) is 39.5 Å². The average molecular weight is 284 g/mol. The fourth-order valence-electron chi connectivity index (χ4n) is 2.00. The van der Waals surface area contributed by atoms with Gasteiger partial charge in [0.2, 0.25) is 16.0 Å². The van der Waals surface area contributed by atoms with Gasteiger partial charge in [-0.3, -0.25) is 0 Å². The van der Waals surface area contributed by atoms with E-state index in [2.05, 4.69) is 20.0 Å². The third kappa shape index (κ3) is 3.42. The third-order valence-corrected chi connectivity index (χ3v) is 4.89. The summed E-state index contributed by atoms with van der Waals surface area (Å²) in [5.74, 6) is 0.854. The van der Waals surface area contributed by atoms with Gasteiger partial charge in [0, 0.05) is 12.1 Å². The Morgan fingerprint density at radius 1 is 1.32 bits per heavy atom. The van der Waals surface area contributed by atoms with Gasteiger partial charge in [0.15, 0.2) is 0 Å². The molecule has 0 radical (unpaired) electrons. The lowest BCUT2D eigenvalue weighted by molar-refractivity contribution is 0.400. The number of hydrogen-bond donors (Lipinski definition) is 2. The maximum Gasteiger partial charge on any atom is 0.244 e. The molecule has 1 saturated carbocycles. The van der Waals surface area contributed by atoms with Gasteiger partial charge in [-0.2, -0.15) is 0 Å². The van der Waals surface area contributed by atoms with Crippen molar-refractivity contribution in [2.45, 2.75) is 44.0 Å². The van der Waals surface area contributed by atoms with Crippen molar-refractivity contribution in [1.82, 2.24) is 14.7 Å². The van der Waals surface area contributed by atoms with Gasteiger partial charge in [-0.1, -0.05) is 0 Å². The quantitative estimate of drug-likeness (QED) is 0.824. The van der Waals surface area contributed by atoms with Crippen LogP contribution in [-0.2, 0) is 10.0 Å². The molecule has 19 heavy (non-hydrogen) atoms. The molecule has 0 atom stereocenters. The number of hydrogen-bond acceptors (Lipinski definition) is 5. The maximum absolute atomic E-state index is 12.2. The van der Waals surface area contributed by atoms with Crippen molar-refractivity contribution in [3.05, 3.63) is 12.4 Å². The van der Waals surface area contributed by atoms with Crippen LogP contribution in [0, 0.1) is 5.92 Å². The number of nitrogens with zero attached hydrogens (tertiary/aromatic N) is 2. The topological polar surface area (TPSA) is 84.0 Å². The lowest BCUT2D eigenvalue weighted by atomic mass is 10.0.